The Balaban J connectivity index is 2.59. The minimum Gasteiger partial charge on any atom is -0.508 e. The molecule has 0 aliphatic carbocycles. The Kier molecular flexibility index (Phi) is 5.16. The van der Waals surface area contributed by atoms with Crippen LogP contribution in [0, 0.1) is 0 Å². The second kappa shape index (κ2) is 6.65. The van der Waals surface area contributed by atoms with E-state index in [9.17, 15) is 9.59 Å². The first kappa shape index (κ1) is 13.2. The maximum atomic E-state index is 11.6. The zero-order chi connectivity index (χ0) is 12.7. The highest BCUT2D eigenvalue weighted by molar-refractivity contribution is 5.83. The minimum atomic E-state index is -0.389. The Morgan fingerprint density at radius 2 is 2.06 bits per heavy atom. The van der Waals surface area contributed by atoms with Gasteiger partial charge in [-0.2, -0.15) is 0 Å². The predicted molar refractivity (Wildman–Crippen MR) is 63.7 cm³/mol. The lowest BCUT2D eigenvalue weighted by Crippen LogP contribution is -2.44. The third-order valence-electron chi connectivity index (χ3n) is 2.40. The molecule has 0 spiro atoms. The van der Waals surface area contributed by atoms with Gasteiger partial charge in [0.15, 0.2) is 0 Å². The van der Waals surface area contributed by atoms with Crippen LogP contribution in [0.2, 0.25) is 0 Å². The third kappa shape index (κ3) is 4.24. The van der Waals surface area contributed by atoms with Crippen LogP contribution in [-0.2, 0) is 16.0 Å². The molecule has 0 radical (unpaired) electrons. The van der Waals surface area contributed by atoms with Gasteiger partial charge >= 0.3 is 0 Å². The fraction of sp³-hybridized carbons (Fsp3) is 0.333. The van der Waals surface area contributed by atoms with Gasteiger partial charge in [-0.05, 0) is 31.2 Å². The molecule has 1 aromatic carbocycles. The van der Waals surface area contributed by atoms with Gasteiger partial charge in [0.05, 0.1) is 12.6 Å². The number of benzene rings is 1. The summed E-state index contributed by atoms with van der Waals surface area (Å²) in [6.45, 7) is 0.0204. The highest BCUT2D eigenvalue weighted by atomic mass is 16.3. The fourth-order valence-corrected chi connectivity index (χ4v) is 1.46. The number of phenols is 1. The zero-order valence-electron chi connectivity index (χ0n) is 9.64. The summed E-state index contributed by atoms with van der Waals surface area (Å²) in [4.78, 5) is 21.8. The molecular weight excluding hydrogens is 220 g/mol. The Morgan fingerprint density at radius 3 is 2.59 bits per heavy atom. The Hall–Kier alpha value is -1.88. The maximum absolute atomic E-state index is 11.6. The van der Waals surface area contributed by atoms with Gasteiger partial charge in [-0.3, -0.25) is 4.79 Å². The van der Waals surface area contributed by atoms with Crippen LogP contribution < -0.4 is 10.6 Å². The molecule has 3 N–H and O–H groups in total. The molecule has 0 aromatic heterocycles. The quantitative estimate of drug-likeness (QED) is 0.600. The molecular formula is C12H16N2O3. The molecule has 0 fully saturated rings. The van der Waals surface area contributed by atoms with E-state index in [1.165, 1.54) is 0 Å². The van der Waals surface area contributed by atoms with E-state index >= 15 is 0 Å². The molecule has 1 rings (SSSR count). The first-order chi connectivity index (χ1) is 8.17. The van der Waals surface area contributed by atoms with Crippen LogP contribution >= 0.6 is 0 Å². The average Bonchev–Trinajstić information content (AvgIpc) is 2.35. The van der Waals surface area contributed by atoms with Crippen LogP contribution in [0.3, 0.4) is 0 Å². The van der Waals surface area contributed by atoms with Crippen molar-refractivity contribution in [1.29, 1.82) is 0 Å². The van der Waals surface area contributed by atoms with Crippen molar-refractivity contribution >= 4 is 12.2 Å². The number of rotatable bonds is 6. The van der Waals surface area contributed by atoms with Crippen molar-refractivity contribution < 1.29 is 14.7 Å². The summed E-state index contributed by atoms with van der Waals surface area (Å²) >= 11 is 0. The van der Waals surface area contributed by atoms with Gasteiger partial charge in [0.1, 0.15) is 12.0 Å². The van der Waals surface area contributed by atoms with Gasteiger partial charge in [-0.1, -0.05) is 12.1 Å². The van der Waals surface area contributed by atoms with Crippen molar-refractivity contribution in [3.05, 3.63) is 29.8 Å². The van der Waals surface area contributed by atoms with E-state index < -0.39 is 0 Å². The molecule has 5 nitrogen and oxygen atoms in total. The Labute approximate surface area is 99.8 Å². The normalized spacial score (nSPS) is 11.8. The molecule has 0 saturated carbocycles. The monoisotopic (exact) mass is 236 g/mol. The van der Waals surface area contributed by atoms with Gasteiger partial charge < -0.3 is 20.5 Å². The molecule has 0 unspecified atom stereocenters. The van der Waals surface area contributed by atoms with Gasteiger partial charge in [-0.25, -0.2) is 0 Å². The first-order valence-electron chi connectivity index (χ1n) is 5.34. The lowest BCUT2D eigenvalue weighted by atomic mass is 10.1. The number of aldehydes is 1. The lowest BCUT2D eigenvalue weighted by Gasteiger charge is -2.15. The van der Waals surface area contributed by atoms with Crippen LogP contribution in [0.15, 0.2) is 24.3 Å². The summed E-state index contributed by atoms with van der Waals surface area (Å²) in [7, 11) is 1.69. The van der Waals surface area contributed by atoms with Gasteiger partial charge in [-0.15, -0.1) is 0 Å². The summed E-state index contributed by atoms with van der Waals surface area (Å²) in [6.07, 6.45) is 1.15. The van der Waals surface area contributed by atoms with Crippen molar-refractivity contribution in [3.63, 3.8) is 0 Å². The standard InChI is InChI=1S/C12H16N2O3/c1-13-11(12(17)14-6-7-15)8-9-2-4-10(16)5-3-9/h2-5,7,11,13,16H,6,8H2,1H3,(H,14,17)/t11-/m0/s1. The molecule has 1 aromatic rings. The second-order valence-electron chi connectivity index (χ2n) is 3.62. The number of hydrogen-bond donors (Lipinski definition) is 3. The van der Waals surface area contributed by atoms with Crippen molar-refractivity contribution in [2.45, 2.75) is 12.5 Å². The molecule has 0 aliphatic rings. The molecule has 0 bridgehead atoms. The van der Waals surface area contributed by atoms with E-state index in [1.807, 2.05) is 0 Å². The molecule has 0 saturated heterocycles. The van der Waals surface area contributed by atoms with Gasteiger partial charge in [0, 0.05) is 0 Å². The molecule has 1 atom stereocenters. The first-order valence-corrected chi connectivity index (χ1v) is 5.34. The van der Waals surface area contributed by atoms with Crippen LogP contribution in [0.1, 0.15) is 5.56 Å². The molecule has 1 amide bonds. The van der Waals surface area contributed by atoms with E-state index in [-0.39, 0.29) is 24.2 Å². The predicted octanol–water partition coefficient (Wildman–Crippen LogP) is -0.162. The van der Waals surface area contributed by atoms with Crippen molar-refractivity contribution in [3.8, 4) is 5.75 Å². The third-order valence-corrected chi connectivity index (χ3v) is 2.40. The summed E-state index contributed by atoms with van der Waals surface area (Å²) in [5.74, 6) is -0.0205. The molecule has 17 heavy (non-hydrogen) atoms. The largest absolute Gasteiger partial charge is 0.508 e. The molecule has 0 aliphatic heterocycles. The number of amides is 1. The Morgan fingerprint density at radius 1 is 1.41 bits per heavy atom. The SMILES string of the molecule is CN[C@@H](Cc1ccc(O)cc1)C(=O)NCC=O. The number of carbonyl (C=O) groups excluding carboxylic acids is 2. The molecule has 92 valence electrons. The number of hydrogen-bond acceptors (Lipinski definition) is 4. The highest BCUT2D eigenvalue weighted by Crippen LogP contribution is 2.11. The van der Waals surface area contributed by atoms with E-state index in [0.29, 0.717) is 12.7 Å². The van der Waals surface area contributed by atoms with Crippen molar-refractivity contribution in [2.24, 2.45) is 0 Å². The maximum Gasteiger partial charge on any atom is 0.237 e. The van der Waals surface area contributed by atoms with E-state index in [1.54, 1.807) is 31.3 Å². The molecule has 0 heterocycles. The Bertz CT molecular complexity index is 376. The summed E-state index contributed by atoms with van der Waals surface area (Å²) < 4.78 is 0. The topological polar surface area (TPSA) is 78.4 Å². The number of phenolic OH excluding ortho intramolecular Hbond substituents is 1. The van der Waals surface area contributed by atoms with Crippen LogP contribution in [-0.4, -0.2) is 36.9 Å². The van der Waals surface area contributed by atoms with E-state index in [2.05, 4.69) is 10.6 Å². The van der Waals surface area contributed by atoms with E-state index in [0.717, 1.165) is 5.56 Å². The lowest BCUT2D eigenvalue weighted by molar-refractivity contribution is -0.124. The summed E-state index contributed by atoms with van der Waals surface area (Å²) in [6, 6.07) is 6.27. The average molecular weight is 236 g/mol. The highest BCUT2D eigenvalue weighted by Gasteiger charge is 2.15. The number of likely N-dealkylation sites (N-methyl/N-ethyl adjacent to an activating group) is 1. The van der Waals surface area contributed by atoms with Gasteiger partial charge in [0.2, 0.25) is 5.91 Å². The van der Waals surface area contributed by atoms with Crippen LogP contribution in [0.25, 0.3) is 0 Å². The van der Waals surface area contributed by atoms with Crippen molar-refractivity contribution in [2.75, 3.05) is 13.6 Å². The smallest absolute Gasteiger partial charge is 0.237 e. The van der Waals surface area contributed by atoms with E-state index in [4.69, 9.17) is 5.11 Å². The van der Waals surface area contributed by atoms with Crippen LogP contribution in [0.4, 0.5) is 0 Å². The zero-order valence-corrected chi connectivity index (χ0v) is 9.64. The molecule has 5 heteroatoms. The van der Waals surface area contributed by atoms with Crippen LogP contribution in [0.5, 0.6) is 5.75 Å². The second-order valence-corrected chi connectivity index (χ2v) is 3.62. The fourth-order valence-electron chi connectivity index (χ4n) is 1.46. The van der Waals surface area contributed by atoms with Gasteiger partial charge in [0.25, 0.3) is 0 Å². The summed E-state index contributed by atoms with van der Waals surface area (Å²) in [5.41, 5.74) is 0.934. The number of nitrogens with one attached hydrogen (secondary N) is 2. The number of carbonyl (C=O) groups is 2. The van der Waals surface area contributed by atoms with Crippen molar-refractivity contribution in [1.82, 2.24) is 10.6 Å². The minimum absolute atomic E-state index is 0.0204. The summed E-state index contributed by atoms with van der Waals surface area (Å²) in [5, 5.41) is 14.5. The number of aromatic hydroxyl groups is 1.